The van der Waals surface area contributed by atoms with Crippen LogP contribution in [0.25, 0.3) is 0 Å². The highest BCUT2D eigenvalue weighted by atomic mass is 19.2. The summed E-state index contributed by atoms with van der Waals surface area (Å²) in [5, 5.41) is 9.83. The zero-order valence-corrected chi connectivity index (χ0v) is 12.6. The quantitative estimate of drug-likeness (QED) is 0.922. The molecule has 0 bridgehead atoms. The van der Waals surface area contributed by atoms with Gasteiger partial charge in [-0.15, -0.1) is 0 Å². The first-order valence-electron chi connectivity index (χ1n) is 8.02. The number of hydrogen-bond acceptors (Lipinski definition) is 2. The molecular formula is C17H21F2NO2. The monoisotopic (exact) mass is 309 g/mol. The van der Waals surface area contributed by atoms with Crippen molar-refractivity contribution >= 4 is 11.7 Å². The number of carboxylic acid groups (broad SMARTS) is 1. The number of carboxylic acids is 1. The van der Waals surface area contributed by atoms with Gasteiger partial charge in [-0.05, 0) is 37.3 Å². The Bertz CT molecular complexity index is 576. The van der Waals surface area contributed by atoms with Crippen LogP contribution in [-0.2, 0) is 10.2 Å². The molecule has 120 valence electrons. The van der Waals surface area contributed by atoms with Crippen LogP contribution >= 0.6 is 0 Å². The summed E-state index contributed by atoms with van der Waals surface area (Å²) >= 11 is 0. The summed E-state index contributed by atoms with van der Waals surface area (Å²) in [6, 6.07) is 2.32. The Kier molecular flexibility index (Phi) is 4.06. The first kappa shape index (κ1) is 15.3. The predicted molar refractivity (Wildman–Crippen MR) is 80.2 cm³/mol. The van der Waals surface area contributed by atoms with Crippen molar-refractivity contribution in [1.82, 2.24) is 0 Å². The zero-order chi connectivity index (χ0) is 15.7. The van der Waals surface area contributed by atoms with Gasteiger partial charge in [0.15, 0.2) is 11.6 Å². The number of carbonyl (C=O) groups is 1. The minimum Gasteiger partial charge on any atom is -0.481 e. The van der Waals surface area contributed by atoms with Gasteiger partial charge < -0.3 is 10.0 Å². The number of halogens is 2. The molecule has 1 heterocycles. The molecule has 1 saturated heterocycles. The molecule has 1 aliphatic heterocycles. The lowest BCUT2D eigenvalue weighted by Gasteiger charge is -2.37. The first-order valence-corrected chi connectivity index (χ1v) is 8.02. The zero-order valence-electron chi connectivity index (χ0n) is 12.6. The van der Waals surface area contributed by atoms with Crippen molar-refractivity contribution in [2.24, 2.45) is 0 Å². The van der Waals surface area contributed by atoms with Gasteiger partial charge in [0.1, 0.15) is 0 Å². The van der Waals surface area contributed by atoms with E-state index in [0.29, 0.717) is 24.1 Å². The Labute approximate surface area is 128 Å². The van der Waals surface area contributed by atoms with Gasteiger partial charge in [-0.1, -0.05) is 19.3 Å². The van der Waals surface area contributed by atoms with Crippen LogP contribution in [0.5, 0.6) is 0 Å². The average Bonchev–Trinajstić information content (AvgIpc) is 3.04. The highest BCUT2D eigenvalue weighted by Crippen LogP contribution is 2.45. The van der Waals surface area contributed by atoms with E-state index in [0.717, 1.165) is 51.3 Å². The minimum absolute atomic E-state index is 0.459. The van der Waals surface area contributed by atoms with E-state index in [4.69, 9.17) is 0 Å². The SMILES string of the molecule is O=C(O)C1(c2cc(F)c(F)cc2N2CCCC2)CCCCC1. The summed E-state index contributed by atoms with van der Waals surface area (Å²) in [4.78, 5) is 14.0. The van der Waals surface area contributed by atoms with Crippen LogP contribution in [0, 0.1) is 11.6 Å². The van der Waals surface area contributed by atoms with Crippen molar-refractivity contribution in [2.45, 2.75) is 50.4 Å². The van der Waals surface area contributed by atoms with Crippen LogP contribution in [-0.4, -0.2) is 24.2 Å². The average molecular weight is 309 g/mol. The minimum atomic E-state index is -1.08. The van der Waals surface area contributed by atoms with Crippen LogP contribution in [0.3, 0.4) is 0 Å². The van der Waals surface area contributed by atoms with Gasteiger partial charge in [-0.2, -0.15) is 0 Å². The second-order valence-electron chi connectivity index (χ2n) is 6.43. The predicted octanol–water partition coefficient (Wildman–Crippen LogP) is 3.85. The molecule has 0 spiro atoms. The third-order valence-electron chi connectivity index (χ3n) is 5.12. The standard InChI is InChI=1S/C17H21F2NO2/c18-13-10-12(17(16(21)22)6-2-1-3-7-17)15(11-14(13)19)20-8-4-5-9-20/h10-11H,1-9H2,(H,21,22). The third kappa shape index (κ3) is 2.46. The Morgan fingerprint density at radius 1 is 1.00 bits per heavy atom. The maximum absolute atomic E-state index is 13.8. The smallest absolute Gasteiger partial charge is 0.314 e. The molecule has 0 radical (unpaired) electrons. The van der Waals surface area contributed by atoms with Crippen LogP contribution < -0.4 is 4.90 Å². The lowest BCUT2D eigenvalue weighted by Crippen LogP contribution is -2.39. The molecule has 0 atom stereocenters. The van der Waals surface area contributed by atoms with Gasteiger partial charge in [0.2, 0.25) is 0 Å². The van der Waals surface area contributed by atoms with Crippen LogP contribution in [0.2, 0.25) is 0 Å². The van der Waals surface area contributed by atoms with Gasteiger partial charge in [-0.25, -0.2) is 8.78 Å². The number of nitrogens with zero attached hydrogens (tertiary/aromatic N) is 1. The maximum Gasteiger partial charge on any atom is 0.314 e. The van der Waals surface area contributed by atoms with Gasteiger partial charge >= 0.3 is 5.97 Å². The van der Waals surface area contributed by atoms with E-state index in [2.05, 4.69) is 0 Å². The van der Waals surface area contributed by atoms with E-state index in [1.165, 1.54) is 6.07 Å². The molecule has 1 aliphatic carbocycles. The molecule has 3 nitrogen and oxygen atoms in total. The number of rotatable bonds is 3. The van der Waals surface area contributed by atoms with Gasteiger partial charge in [0.25, 0.3) is 0 Å². The number of hydrogen-bond donors (Lipinski definition) is 1. The lowest BCUT2D eigenvalue weighted by molar-refractivity contribution is -0.145. The van der Waals surface area contributed by atoms with Crippen LogP contribution in [0.1, 0.15) is 50.5 Å². The van der Waals surface area contributed by atoms with Gasteiger partial charge in [-0.3, -0.25) is 4.79 Å². The second kappa shape index (κ2) is 5.86. The molecule has 0 amide bonds. The highest BCUT2D eigenvalue weighted by Gasteiger charge is 2.44. The molecule has 2 fully saturated rings. The largest absolute Gasteiger partial charge is 0.481 e. The van der Waals surface area contributed by atoms with Crippen LogP contribution in [0.15, 0.2) is 12.1 Å². The fraction of sp³-hybridized carbons (Fsp3) is 0.588. The number of aliphatic carboxylic acids is 1. The van der Waals surface area contributed by atoms with E-state index in [1.54, 1.807) is 0 Å². The van der Waals surface area contributed by atoms with Crippen molar-refractivity contribution in [2.75, 3.05) is 18.0 Å². The molecule has 0 aromatic heterocycles. The van der Waals surface area contributed by atoms with Gasteiger partial charge in [0, 0.05) is 24.8 Å². The normalized spacial score (nSPS) is 21.1. The Morgan fingerprint density at radius 2 is 1.59 bits per heavy atom. The fourth-order valence-electron chi connectivity index (χ4n) is 3.89. The van der Waals surface area contributed by atoms with Crippen molar-refractivity contribution in [3.05, 3.63) is 29.3 Å². The summed E-state index contributed by atoms with van der Waals surface area (Å²) in [5.74, 6) is -2.77. The highest BCUT2D eigenvalue weighted by molar-refractivity contribution is 5.84. The van der Waals surface area contributed by atoms with E-state index >= 15 is 0 Å². The third-order valence-corrected chi connectivity index (χ3v) is 5.12. The molecule has 1 aromatic rings. The van der Waals surface area contributed by atoms with Gasteiger partial charge in [0.05, 0.1) is 5.41 Å². The molecule has 0 unspecified atom stereocenters. The number of benzene rings is 1. The maximum atomic E-state index is 13.8. The van der Waals surface area contributed by atoms with E-state index in [1.807, 2.05) is 4.90 Å². The first-order chi connectivity index (χ1) is 10.5. The summed E-state index contributed by atoms with van der Waals surface area (Å²) in [5.41, 5.74) is -0.0498. The topological polar surface area (TPSA) is 40.5 Å². The summed E-state index contributed by atoms with van der Waals surface area (Å²) in [6.07, 6.45) is 5.60. The summed E-state index contributed by atoms with van der Waals surface area (Å²) < 4.78 is 27.6. The molecule has 1 aromatic carbocycles. The van der Waals surface area contributed by atoms with Crippen molar-refractivity contribution in [3.8, 4) is 0 Å². The Morgan fingerprint density at radius 3 is 2.18 bits per heavy atom. The summed E-state index contributed by atoms with van der Waals surface area (Å²) in [6.45, 7) is 1.54. The van der Waals surface area contributed by atoms with E-state index < -0.39 is 23.0 Å². The molecule has 1 N–H and O–H groups in total. The molecule has 5 heteroatoms. The van der Waals surface area contributed by atoms with E-state index in [9.17, 15) is 18.7 Å². The second-order valence-corrected chi connectivity index (χ2v) is 6.43. The lowest BCUT2D eigenvalue weighted by atomic mass is 9.68. The summed E-state index contributed by atoms with van der Waals surface area (Å²) in [7, 11) is 0. The number of anilines is 1. The molecule has 3 rings (SSSR count). The Hall–Kier alpha value is -1.65. The van der Waals surface area contributed by atoms with Crippen LogP contribution in [0.4, 0.5) is 14.5 Å². The van der Waals surface area contributed by atoms with Crippen molar-refractivity contribution in [3.63, 3.8) is 0 Å². The molecule has 22 heavy (non-hydrogen) atoms. The molecular weight excluding hydrogens is 288 g/mol. The molecule has 1 saturated carbocycles. The fourth-order valence-corrected chi connectivity index (χ4v) is 3.89. The van der Waals surface area contributed by atoms with Crippen molar-refractivity contribution in [1.29, 1.82) is 0 Å². The van der Waals surface area contributed by atoms with Crippen molar-refractivity contribution < 1.29 is 18.7 Å². The Balaban J connectivity index is 2.14. The van der Waals surface area contributed by atoms with E-state index in [-0.39, 0.29) is 0 Å². The molecule has 2 aliphatic rings.